The third-order valence-electron chi connectivity index (χ3n) is 2.61. The van der Waals surface area contributed by atoms with Gasteiger partial charge in [-0.1, -0.05) is 11.6 Å². The fourth-order valence-electron chi connectivity index (χ4n) is 1.81. The van der Waals surface area contributed by atoms with Gasteiger partial charge in [0.2, 0.25) is 0 Å². The zero-order valence-corrected chi connectivity index (χ0v) is 9.65. The molecule has 1 saturated heterocycles. The molecule has 4 heteroatoms. The predicted octanol–water partition coefficient (Wildman–Crippen LogP) is 2.97. The molecule has 0 aliphatic carbocycles. The molecule has 1 aliphatic rings. The Hall–Kier alpha value is -0.0900. The molecule has 0 saturated carbocycles. The van der Waals surface area contributed by atoms with E-state index in [1.165, 1.54) is 0 Å². The summed E-state index contributed by atoms with van der Waals surface area (Å²) in [7, 11) is 0. The highest BCUT2D eigenvalue weighted by atomic mass is 35.5. The Morgan fingerprint density at radius 2 is 2.43 bits per heavy atom. The molecule has 2 N–H and O–H groups in total. The van der Waals surface area contributed by atoms with Crippen LogP contribution in [0, 0.1) is 0 Å². The highest BCUT2D eigenvalue weighted by Gasteiger charge is 2.29. The number of ether oxygens (including phenoxy) is 1. The highest BCUT2D eigenvalue weighted by molar-refractivity contribution is 7.10. The maximum absolute atomic E-state index is 6.11. The van der Waals surface area contributed by atoms with Crippen LogP contribution in [0.25, 0.3) is 0 Å². The van der Waals surface area contributed by atoms with E-state index >= 15 is 0 Å². The molecule has 1 fully saturated rings. The summed E-state index contributed by atoms with van der Waals surface area (Å²) in [5.41, 5.74) is 6.11. The van der Waals surface area contributed by atoms with Crippen molar-refractivity contribution >= 4 is 22.9 Å². The summed E-state index contributed by atoms with van der Waals surface area (Å²) in [6, 6.07) is 1.83. The van der Waals surface area contributed by atoms with Crippen molar-refractivity contribution in [3.63, 3.8) is 0 Å². The van der Waals surface area contributed by atoms with Crippen molar-refractivity contribution < 1.29 is 4.74 Å². The smallest absolute Gasteiger partial charge is 0.0780 e. The number of hydrogen-bond donors (Lipinski definition) is 1. The van der Waals surface area contributed by atoms with Gasteiger partial charge in [0, 0.05) is 4.88 Å². The van der Waals surface area contributed by atoms with E-state index in [0.717, 1.165) is 22.7 Å². The summed E-state index contributed by atoms with van der Waals surface area (Å²) in [5, 5.41) is 2.74. The maximum Gasteiger partial charge on any atom is 0.0780 e. The molecule has 1 aromatic heterocycles. The minimum Gasteiger partial charge on any atom is -0.373 e. The topological polar surface area (TPSA) is 35.2 Å². The summed E-state index contributed by atoms with van der Waals surface area (Å²) in [6.45, 7) is 2.09. The SMILES string of the molecule is CC1CCC(C(N)c2sccc2Cl)O1. The summed E-state index contributed by atoms with van der Waals surface area (Å²) in [6.07, 6.45) is 2.61. The van der Waals surface area contributed by atoms with Crippen molar-refractivity contribution in [2.45, 2.75) is 38.0 Å². The lowest BCUT2D eigenvalue weighted by molar-refractivity contribution is 0.0408. The fourth-order valence-corrected chi connectivity index (χ4v) is 3.05. The lowest BCUT2D eigenvalue weighted by atomic mass is 10.1. The van der Waals surface area contributed by atoms with Crippen molar-refractivity contribution in [1.82, 2.24) is 0 Å². The van der Waals surface area contributed by atoms with Gasteiger partial charge in [0.05, 0.1) is 23.3 Å². The largest absolute Gasteiger partial charge is 0.373 e. The first-order valence-corrected chi connectivity index (χ1v) is 6.08. The number of nitrogens with two attached hydrogens (primary N) is 1. The van der Waals surface area contributed by atoms with Crippen LogP contribution in [0.1, 0.15) is 30.7 Å². The Kier molecular flexibility index (Phi) is 3.12. The van der Waals surface area contributed by atoms with E-state index in [2.05, 4.69) is 6.92 Å². The molecular formula is C10H14ClNOS. The van der Waals surface area contributed by atoms with E-state index in [4.69, 9.17) is 22.1 Å². The van der Waals surface area contributed by atoms with Crippen molar-refractivity contribution in [3.8, 4) is 0 Å². The van der Waals surface area contributed by atoms with Crippen LogP contribution in [-0.4, -0.2) is 12.2 Å². The van der Waals surface area contributed by atoms with E-state index in [1.54, 1.807) is 11.3 Å². The molecule has 2 heterocycles. The third-order valence-corrected chi connectivity index (χ3v) is 4.07. The molecule has 1 aliphatic heterocycles. The standard InChI is InChI=1S/C10H14ClNOS/c1-6-2-3-8(13-6)9(12)10-7(11)4-5-14-10/h4-6,8-9H,2-3,12H2,1H3. The molecule has 0 spiro atoms. The number of hydrogen-bond acceptors (Lipinski definition) is 3. The van der Waals surface area contributed by atoms with Gasteiger partial charge in [0.25, 0.3) is 0 Å². The van der Waals surface area contributed by atoms with Gasteiger partial charge in [-0.25, -0.2) is 0 Å². The van der Waals surface area contributed by atoms with Gasteiger partial charge in [0.1, 0.15) is 0 Å². The second kappa shape index (κ2) is 4.19. The molecule has 2 rings (SSSR count). The molecule has 3 atom stereocenters. The van der Waals surface area contributed by atoms with Crippen LogP contribution in [0.3, 0.4) is 0 Å². The summed E-state index contributed by atoms with van der Waals surface area (Å²) >= 11 is 7.63. The molecule has 78 valence electrons. The average Bonchev–Trinajstić information content (AvgIpc) is 2.73. The van der Waals surface area contributed by atoms with Gasteiger partial charge >= 0.3 is 0 Å². The van der Waals surface area contributed by atoms with Crippen molar-refractivity contribution in [2.75, 3.05) is 0 Å². The van der Waals surface area contributed by atoms with Gasteiger partial charge < -0.3 is 10.5 Å². The predicted molar refractivity (Wildman–Crippen MR) is 59.8 cm³/mol. The maximum atomic E-state index is 6.11. The highest BCUT2D eigenvalue weighted by Crippen LogP contribution is 2.34. The van der Waals surface area contributed by atoms with Gasteiger partial charge in [0.15, 0.2) is 0 Å². The van der Waals surface area contributed by atoms with Crippen LogP contribution in [0.15, 0.2) is 11.4 Å². The average molecular weight is 232 g/mol. The first-order valence-electron chi connectivity index (χ1n) is 4.82. The zero-order valence-electron chi connectivity index (χ0n) is 8.07. The van der Waals surface area contributed by atoms with E-state index in [9.17, 15) is 0 Å². The van der Waals surface area contributed by atoms with E-state index < -0.39 is 0 Å². The van der Waals surface area contributed by atoms with Crippen LogP contribution in [0.5, 0.6) is 0 Å². The van der Waals surface area contributed by atoms with Gasteiger partial charge in [-0.05, 0) is 31.2 Å². The Labute approximate surface area is 93.0 Å². The summed E-state index contributed by atoms with van der Waals surface area (Å²) in [5.74, 6) is 0. The molecule has 1 aromatic rings. The molecular weight excluding hydrogens is 218 g/mol. The fraction of sp³-hybridized carbons (Fsp3) is 0.600. The first-order chi connectivity index (χ1) is 6.68. The lowest BCUT2D eigenvalue weighted by Crippen LogP contribution is -2.25. The minimum absolute atomic E-state index is 0.0625. The van der Waals surface area contributed by atoms with Crippen LogP contribution in [0.4, 0.5) is 0 Å². The Balaban J connectivity index is 2.09. The summed E-state index contributed by atoms with van der Waals surface area (Å²) in [4.78, 5) is 1.05. The summed E-state index contributed by atoms with van der Waals surface area (Å²) < 4.78 is 5.72. The van der Waals surface area contributed by atoms with Crippen molar-refractivity contribution in [1.29, 1.82) is 0 Å². The molecule has 0 aromatic carbocycles. The van der Waals surface area contributed by atoms with Crippen molar-refractivity contribution in [3.05, 3.63) is 21.3 Å². The molecule has 3 unspecified atom stereocenters. The zero-order chi connectivity index (χ0) is 10.1. The van der Waals surface area contributed by atoms with Crippen LogP contribution in [-0.2, 0) is 4.74 Å². The van der Waals surface area contributed by atoms with Gasteiger partial charge in [-0.3, -0.25) is 0 Å². The molecule has 2 nitrogen and oxygen atoms in total. The minimum atomic E-state index is -0.0625. The van der Waals surface area contributed by atoms with E-state index in [1.807, 2.05) is 11.4 Å². The molecule has 0 radical (unpaired) electrons. The van der Waals surface area contributed by atoms with Crippen LogP contribution in [0.2, 0.25) is 5.02 Å². The Bertz CT molecular complexity index is 315. The van der Waals surface area contributed by atoms with Crippen LogP contribution < -0.4 is 5.73 Å². The van der Waals surface area contributed by atoms with Gasteiger partial charge in [-0.15, -0.1) is 11.3 Å². The van der Waals surface area contributed by atoms with E-state index in [0.29, 0.717) is 6.10 Å². The molecule has 0 amide bonds. The molecule has 14 heavy (non-hydrogen) atoms. The van der Waals surface area contributed by atoms with Crippen molar-refractivity contribution in [2.24, 2.45) is 5.73 Å². The van der Waals surface area contributed by atoms with E-state index in [-0.39, 0.29) is 12.1 Å². The quantitative estimate of drug-likeness (QED) is 0.850. The Morgan fingerprint density at radius 3 is 2.93 bits per heavy atom. The monoisotopic (exact) mass is 231 g/mol. The number of rotatable bonds is 2. The second-order valence-corrected chi connectivity index (χ2v) is 5.08. The first kappa shape index (κ1) is 10.4. The Morgan fingerprint density at radius 1 is 1.64 bits per heavy atom. The number of halogens is 1. The lowest BCUT2D eigenvalue weighted by Gasteiger charge is -2.18. The van der Waals surface area contributed by atoms with Gasteiger partial charge in [-0.2, -0.15) is 0 Å². The third kappa shape index (κ3) is 1.96. The van der Waals surface area contributed by atoms with Crippen LogP contribution >= 0.6 is 22.9 Å². The number of thiophene rings is 1. The second-order valence-electron chi connectivity index (χ2n) is 3.72. The molecule has 0 bridgehead atoms. The normalized spacial score (nSPS) is 29.4.